The van der Waals surface area contributed by atoms with E-state index in [4.69, 9.17) is 13.9 Å². The highest BCUT2D eigenvalue weighted by Gasteiger charge is 2.31. The molecule has 5 rings (SSSR count). The fourth-order valence-electron chi connectivity index (χ4n) is 3.85. The van der Waals surface area contributed by atoms with E-state index < -0.39 is 0 Å². The van der Waals surface area contributed by atoms with E-state index in [1.807, 2.05) is 53.4 Å². The van der Waals surface area contributed by atoms with E-state index in [1.165, 1.54) is 11.8 Å². The van der Waals surface area contributed by atoms with Crippen LogP contribution in [0.5, 0.6) is 11.5 Å². The minimum absolute atomic E-state index is 0.0523. The van der Waals surface area contributed by atoms with Gasteiger partial charge in [-0.25, -0.2) is 0 Å². The minimum atomic E-state index is 0.0523. The monoisotopic (exact) mass is 423 g/mol. The number of ether oxygens (including phenoxy) is 2. The van der Waals surface area contributed by atoms with Crippen LogP contribution < -0.4 is 9.47 Å². The first kappa shape index (κ1) is 19.0. The molecule has 0 aliphatic carbocycles. The predicted octanol–water partition coefficient (Wildman–Crippen LogP) is 3.96. The van der Waals surface area contributed by atoms with Gasteiger partial charge in [-0.1, -0.05) is 36.0 Å². The van der Waals surface area contributed by atoms with Crippen LogP contribution in [0.3, 0.4) is 0 Å². The molecule has 1 amide bonds. The number of thioether (sulfide) groups is 1. The first-order valence-electron chi connectivity index (χ1n) is 9.99. The van der Waals surface area contributed by atoms with Crippen LogP contribution in [-0.4, -0.2) is 46.5 Å². The topological polar surface area (TPSA) is 77.7 Å². The lowest BCUT2D eigenvalue weighted by molar-refractivity contribution is -0.129. The van der Waals surface area contributed by atoms with Gasteiger partial charge in [-0.3, -0.25) is 4.79 Å². The highest BCUT2D eigenvalue weighted by atomic mass is 32.2. The number of nitrogens with zero attached hydrogens (tertiary/aromatic N) is 3. The summed E-state index contributed by atoms with van der Waals surface area (Å²) < 4.78 is 17.0. The van der Waals surface area contributed by atoms with Crippen molar-refractivity contribution in [2.75, 3.05) is 25.5 Å². The van der Waals surface area contributed by atoms with Crippen LogP contribution in [0.15, 0.2) is 58.2 Å². The molecule has 1 unspecified atom stereocenters. The van der Waals surface area contributed by atoms with E-state index in [0.717, 1.165) is 42.0 Å². The Bertz CT molecular complexity index is 1040. The molecule has 1 atom stereocenters. The van der Waals surface area contributed by atoms with Crippen LogP contribution in [0, 0.1) is 0 Å². The Morgan fingerprint density at radius 1 is 1.07 bits per heavy atom. The first-order chi connectivity index (χ1) is 14.8. The molecular weight excluding hydrogens is 402 g/mol. The zero-order valence-electron chi connectivity index (χ0n) is 16.3. The van der Waals surface area contributed by atoms with E-state index in [1.54, 1.807) is 0 Å². The molecule has 3 aromatic rings. The molecule has 2 aliphatic heterocycles. The first-order valence-corrected chi connectivity index (χ1v) is 11.0. The maximum Gasteiger partial charge on any atom is 0.277 e. The molecule has 0 N–H and O–H groups in total. The molecule has 3 heterocycles. The second-order valence-corrected chi connectivity index (χ2v) is 8.10. The second kappa shape index (κ2) is 8.39. The van der Waals surface area contributed by atoms with Gasteiger partial charge in [-0.15, -0.1) is 10.2 Å². The van der Waals surface area contributed by atoms with Gasteiger partial charge in [-0.2, -0.15) is 0 Å². The van der Waals surface area contributed by atoms with Crippen molar-refractivity contribution in [3.05, 3.63) is 54.1 Å². The van der Waals surface area contributed by atoms with Gasteiger partial charge in [0.2, 0.25) is 11.8 Å². The molecule has 7 nitrogen and oxygen atoms in total. The van der Waals surface area contributed by atoms with Crippen molar-refractivity contribution in [2.45, 2.75) is 24.1 Å². The summed E-state index contributed by atoms with van der Waals surface area (Å²) in [6, 6.07) is 15.6. The third-order valence-electron chi connectivity index (χ3n) is 5.27. The fourth-order valence-corrected chi connectivity index (χ4v) is 4.50. The summed E-state index contributed by atoms with van der Waals surface area (Å²) in [5.41, 5.74) is 1.95. The summed E-state index contributed by atoms with van der Waals surface area (Å²) in [7, 11) is 0. The van der Waals surface area contributed by atoms with Crippen molar-refractivity contribution in [1.29, 1.82) is 0 Å². The van der Waals surface area contributed by atoms with Gasteiger partial charge in [0.1, 0.15) is 13.2 Å². The molecule has 1 aromatic heterocycles. The van der Waals surface area contributed by atoms with Crippen molar-refractivity contribution in [3.63, 3.8) is 0 Å². The largest absolute Gasteiger partial charge is 0.486 e. The molecule has 0 radical (unpaired) electrons. The Labute approximate surface area is 178 Å². The lowest BCUT2D eigenvalue weighted by atomic mass is 10.0. The van der Waals surface area contributed by atoms with Crippen molar-refractivity contribution >= 4 is 17.7 Å². The number of carbonyl (C=O) groups is 1. The Balaban J connectivity index is 1.24. The normalized spacial score (nSPS) is 17.9. The molecule has 154 valence electrons. The number of benzene rings is 2. The van der Waals surface area contributed by atoms with Crippen LogP contribution in [0.2, 0.25) is 0 Å². The Kier molecular flexibility index (Phi) is 5.31. The van der Waals surface area contributed by atoms with Gasteiger partial charge in [0, 0.05) is 12.1 Å². The molecule has 30 heavy (non-hydrogen) atoms. The van der Waals surface area contributed by atoms with Gasteiger partial charge in [0.25, 0.3) is 5.22 Å². The predicted molar refractivity (Wildman–Crippen MR) is 112 cm³/mol. The van der Waals surface area contributed by atoms with Gasteiger partial charge in [0.15, 0.2) is 11.5 Å². The van der Waals surface area contributed by atoms with E-state index in [2.05, 4.69) is 10.2 Å². The van der Waals surface area contributed by atoms with Crippen molar-refractivity contribution in [3.8, 4) is 23.0 Å². The molecule has 2 aliphatic rings. The minimum Gasteiger partial charge on any atom is -0.486 e. The molecule has 1 fully saturated rings. The van der Waals surface area contributed by atoms with E-state index in [0.29, 0.717) is 24.3 Å². The average Bonchev–Trinajstić information content (AvgIpc) is 3.48. The third kappa shape index (κ3) is 3.87. The molecular formula is C22H21N3O4S. The van der Waals surface area contributed by atoms with Crippen LogP contribution in [-0.2, 0) is 4.79 Å². The van der Waals surface area contributed by atoms with Gasteiger partial charge >= 0.3 is 0 Å². The SMILES string of the molecule is O=C(CSc1nnc(-c2ccccc2)o1)N1CCCC1c1ccc2c(c1)OCCO2. The van der Waals surface area contributed by atoms with Gasteiger partial charge in [0.05, 0.1) is 11.8 Å². The summed E-state index contributed by atoms with van der Waals surface area (Å²) >= 11 is 1.27. The van der Waals surface area contributed by atoms with Crippen LogP contribution in [0.4, 0.5) is 0 Å². The van der Waals surface area contributed by atoms with E-state index in [-0.39, 0.29) is 17.7 Å². The average molecular weight is 423 g/mol. The summed E-state index contributed by atoms with van der Waals surface area (Å²) in [5.74, 6) is 2.31. The quantitative estimate of drug-likeness (QED) is 0.575. The number of fused-ring (bicyclic) bond motifs is 1. The van der Waals surface area contributed by atoms with Crippen LogP contribution in [0.1, 0.15) is 24.4 Å². The van der Waals surface area contributed by atoms with E-state index in [9.17, 15) is 4.79 Å². The maximum absolute atomic E-state index is 12.9. The number of carbonyl (C=O) groups excluding carboxylic acids is 1. The molecule has 1 saturated heterocycles. The number of hydrogen-bond donors (Lipinski definition) is 0. The zero-order valence-corrected chi connectivity index (χ0v) is 17.1. The molecule has 8 heteroatoms. The summed E-state index contributed by atoms with van der Waals surface area (Å²) in [6.07, 6.45) is 1.92. The number of amides is 1. The Hall–Kier alpha value is -3.00. The Morgan fingerprint density at radius 2 is 1.90 bits per heavy atom. The number of hydrogen-bond acceptors (Lipinski definition) is 7. The molecule has 2 aromatic carbocycles. The van der Waals surface area contributed by atoms with Crippen LogP contribution in [0.25, 0.3) is 11.5 Å². The zero-order chi connectivity index (χ0) is 20.3. The number of rotatable bonds is 5. The highest BCUT2D eigenvalue weighted by Crippen LogP contribution is 2.38. The lowest BCUT2D eigenvalue weighted by Gasteiger charge is -2.26. The highest BCUT2D eigenvalue weighted by molar-refractivity contribution is 7.99. The smallest absolute Gasteiger partial charge is 0.277 e. The second-order valence-electron chi connectivity index (χ2n) is 7.18. The van der Waals surface area contributed by atoms with Crippen molar-refractivity contribution in [2.24, 2.45) is 0 Å². The fraction of sp³-hybridized carbons (Fsp3) is 0.318. The standard InChI is InChI=1S/C22H21N3O4S/c26-20(14-30-22-24-23-21(29-22)15-5-2-1-3-6-15)25-10-4-7-17(25)16-8-9-18-19(13-16)28-12-11-27-18/h1-3,5-6,8-9,13,17H,4,7,10-12,14H2. The number of aromatic nitrogens is 2. The molecule has 0 saturated carbocycles. The molecule has 0 bridgehead atoms. The van der Waals surface area contributed by atoms with Crippen molar-refractivity contribution in [1.82, 2.24) is 15.1 Å². The maximum atomic E-state index is 12.9. The number of likely N-dealkylation sites (tertiary alicyclic amines) is 1. The third-order valence-corrected chi connectivity index (χ3v) is 6.07. The van der Waals surface area contributed by atoms with Gasteiger partial charge in [-0.05, 0) is 42.7 Å². The van der Waals surface area contributed by atoms with Crippen LogP contribution >= 0.6 is 11.8 Å². The summed E-state index contributed by atoms with van der Waals surface area (Å²) in [6.45, 7) is 1.87. The summed E-state index contributed by atoms with van der Waals surface area (Å²) in [4.78, 5) is 14.9. The Morgan fingerprint density at radius 3 is 2.77 bits per heavy atom. The summed E-state index contributed by atoms with van der Waals surface area (Å²) in [5, 5.41) is 8.54. The van der Waals surface area contributed by atoms with E-state index >= 15 is 0 Å². The molecule has 0 spiro atoms. The lowest BCUT2D eigenvalue weighted by Crippen LogP contribution is -2.32. The van der Waals surface area contributed by atoms with Gasteiger partial charge < -0.3 is 18.8 Å². The van der Waals surface area contributed by atoms with Crippen molar-refractivity contribution < 1.29 is 18.7 Å².